The van der Waals surface area contributed by atoms with Crippen molar-refractivity contribution in [2.24, 2.45) is 11.8 Å². The Morgan fingerprint density at radius 1 is 1.22 bits per heavy atom. The van der Waals surface area contributed by atoms with E-state index >= 15 is 0 Å². The minimum Gasteiger partial charge on any atom is -0.497 e. The summed E-state index contributed by atoms with van der Waals surface area (Å²) >= 11 is 0. The molecule has 146 valence electrons. The minimum atomic E-state index is -0.284. The van der Waals surface area contributed by atoms with Crippen molar-refractivity contribution in [1.82, 2.24) is 4.90 Å². The van der Waals surface area contributed by atoms with Crippen molar-refractivity contribution in [2.45, 2.75) is 62.5 Å². The first-order valence-electron chi connectivity index (χ1n) is 10.5. The SMILES string of the molecule is COc1ccc2c(c1)[C@]13CCN(CC4CC4)[C@H](C2)[C@]1(OC)[C@H](C)CC(=O)C3. The van der Waals surface area contributed by atoms with Crippen molar-refractivity contribution >= 4 is 5.78 Å². The number of ether oxygens (including phenoxy) is 2. The van der Waals surface area contributed by atoms with Gasteiger partial charge in [0.2, 0.25) is 0 Å². The zero-order valence-electron chi connectivity index (χ0n) is 16.8. The molecule has 3 aliphatic carbocycles. The molecular formula is C23H31NO3. The Balaban J connectivity index is 1.70. The number of benzene rings is 1. The molecule has 0 amide bonds. The van der Waals surface area contributed by atoms with E-state index in [4.69, 9.17) is 9.47 Å². The van der Waals surface area contributed by atoms with Crippen LogP contribution in [0.1, 0.15) is 50.2 Å². The lowest BCUT2D eigenvalue weighted by Gasteiger charge is -2.67. The van der Waals surface area contributed by atoms with E-state index in [1.165, 1.54) is 30.5 Å². The topological polar surface area (TPSA) is 38.8 Å². The van der Waals surface area contributed by atoms with E-state index in [-0.39, 0.29) is 16.9 Å². The zero-order valence-corrected chi connectivity index (χ0v) is 16.8. The van der Waals surface area contributed by atoms with E-state index in [1.54, 1.807) is 7.11 Å². The number of likely N-dealkylation sites (tertiary alicyclic amines) is 1. The summed E-state index contributed by atoms with van der Waals surface area (Å²) in [6.07, 6.45) is 6.01. The van der Waals surface area contributed by atoms with Crippen LogP contribution in [0.15, 0.2) is 18.2 Å². The number of Topliss-reactive ketones (excluding diaryl/α,β-unsaturated/α-hetero) is 1. The second kappa shape index (κ2) is 6.05. The Kier molecular flexibility index (Phi) is 3.97. The van der Waals surface area contributed by atoms with Crippen LogP contribution in [-0.2, 0) is 21.4 Å². The fourth-order valence-corrected chi connectivity index (χ4v) is 6.82. The molecule has 1 heterocycles. The number of hydrogen-bond acceptors (Lipinski definition) is 4. The van der Waals surface area contributed by atoms with E-state index in [1.807, 2.05) is 7.11 Å². The fraction of sp³-hybridized carbons (Fsp3) is 0.696. The number of piperidine rings is 1. The van der Waals surface area contributed by atoms with Crippen LogP contribution in [0.2, 0.25) is 0 Å². The van der Waals surface area contributed by atoms with Gasteiger partial charge in [0, 0.05) is 38.0 Å². The monoisotopic (exact) mass is 369 g/mol. The number of methoxy groups -OCH3 is 2. The lowest BCUT2D eigenvalue weighted by Crippen LogP contribution is -2.76. The van der Waals surface area contributed by atoms with Crippen molar-refractivity contribution in [3.05, 3.63) is 29.3 Å². The van der Waals surface area contributed by atoms with Crippen LogP contribution < -0.4 is 4.74 Å². The van der Waals surface area contributed by atoms with Gasteiger partial charge in [-0.25, -0.2) is 0 Å². The summed E-state index contributed by atoms with van der Waals surface area (Å²) in [5.74, 6) is 2.37. The molecule has 0 aromatic heterocycles. The molecular weight excluding hydrogens is 338 g/mol. The quantitative estimate of drug-likeness (QED) is 0.816. The van der Waals surface area contributed by atoms with Crippen LogP contribution in [0.4, 0.5) is 0 Å². The molecule has 27 heavy (non-hydrogen) atoms. The summed E-state index contributed by atoms with van der Waals surface area (Å²) in [7, 11) is 3.61. The molecule has 3 fully saturated rings. The van der Waals surface area contributed by atoms with E-state index in [2.05, 4.69) is 30.0 Å². The third kappa shape index (κ3) is 2.32. The van der Waals surface area contributed by atoms with Gasteiger partial charge in [0.1, 0.15) is 11.5 Å². The maximum absolute atomic E-state index is 12.8. The first-order valence-corrected chi connectivity index (χ1v) is 10.5. The average Bonchev–Trinajstić information content (AvgIpc) is 3.47. The summed E-state index contributed by atoms with van der Waals surface area (Å²) in [6, 6.07) is 6.86. The van der Waals surface area contributed by atoms with Crippen LogP contribution in [0.25, 0.3) is 0 Å². The van der Waals surface area contributed by atoms with Crippen molar-refractivity contribution in [2.75, 3.05) is 27.3 Å². The normalized spacial score (nSPS) is 38.3. The molecule has 4 nitrogen and oxygen atoms in total. The van der Waals surface area contributed by atoms with Gasteiger partial charge in [-0.3, -0.25) is 9.69 Å². The molecule has 2 bridgehead atoms. The van der Waals surface area contributed by atoms with Gasteiger partial charge in [0.15, 0.2) is 0 Å². The smallest absolute Gasteiger partial charge is 0.134 e. The average molecular weight is 370 g/mol. The van der Waals surface area contributed by atoms with Crippen LogP contribution in [0.3, 0.4) is 0 Å². The molecule has 5 rings (SSSR count). The Morgan fingerprint density at radius 3 is 2.74 bits per heavy atom. The lowest BCUT2D eigenvalue weighted by molar-refractivity contribution is -0.210. The fourth-order valence-electron chi connectivity index (χ4n) is 6.82. The molecule has 0 spiro atoms. The highest BCUT2D eigenvalue weighted by atomic mass is 16.5. The first kappa shape index (κ1) is 17.7. The van der Waals surface area contributed by atoms with Crippen LogP contribution in [-0.4, -0.2) is 49.6 Å². The van der Waals surface area contributed by atoms with Crippen LogP contribution >= 0.6 is 0 Å². The second-order valence-electron chi connectivity index (χ2n) is 9.33. The van der Waals surface area contributed by atoms with Crippen molar-refractivity contribution in [3.63, 3.8) is 0 Å². The summed E-state index contributed by atoms with van der Waals surface area (Å²) < 4.78 is 12.1. The Bertz CT molecular complexity index is 773. The molecule has 1 aromatic rings. The third-order valence-corrected chi connectivity index (χ3v) is 8.05. The summed E-state index contributed by atoms with van der Waals surface area (Å²) in [5.41, 5.74) is 2.19. The molecule has 1 aliphatic heterocycles. The number of carbonyl (C=O) groups excluding carboxylic acids is 1. The standard InChI is InChI=1S/C23H31NO3/c1-15-10-18(25)13-22-8-9-24(14-16-4-5-16)21(23(15,22)27-3)11-17-6-7-19(26-2)12-20(17)22/h6-7,12,15-16,21H,4-5,8-11,13-14H2,1-3H3/t15-,21-,22-,23-/m1/s1. The largest absolute Gasteiger partial charge is 0.497 e. The lowest BCUT2D eigenvalue weighted by atomic mass is 9.46. The second-order valence-corrected chi connectivity index (χ2v) is 9.33. The van der Waals surface area contributed by atoms with Gasteiger partial charge in [0.25, 0.3) is 0 Å². The molecule has 0 radical (unpaired) electrons. The Morgan fingerprint density at radius 2 is 2.04 bits per heavy atom. The van der Waals surface area contributed by atoms with E-state index in [9.17, 15) is 4.79 Å². The highest BCUT2D eigenvalue weighted by Gasteiger charge is 2.68. The molecule has 4 heteroatoms. The van der Waals surface area contributed by atoms with Gasteiger partial charge in [-0.2, -0.15) is 0 Å². The van der Waals surface area contributed by atoms with Crippen LogP contribution in [0.5, 0.6) is 5.75 Å². The van der Waals surface area contributed by atoms with Gasteiger partial charge in [-0.1, -0.05) is 13.0 Å². The Hall–Kier alpha value is -1.39. The number of rotatable bonds is 4. The predicted octanol–water partition coefficient (Wildman–Crippen LogP) is 3.36. The van der Waals surface area contributed by atoms with Gasteiger partial charge >= 0.3 is 0 Å². The number of fused-ring (bicyclic) bond motifs is 1. The maximum atomic E-state index is 12.8. The number of nitrogens with zero attached hydrogens (tertiary/aromatic N) is 1. The first-order chi connectivity index (χ1) is 13.0. The summed E-state index contributed by atoms with van der Waals surface area (Å²) in [4.78, 5) is 15.5. The molecule has 2 saturated carbocycles. The molecule has 4 aliphatic rings. The molecule has 1 aromatic carbocycles. The van der Waals surface area contributed by atoms with Gasteiger partial charge < -0.3 is 9.47 Å². The van der Waals surface area contributed by atoms with E-state index in [0.29, 0.717) is 24.7 Å². The number of hydrogen-bond donors (Lipinski definition) is 0. The van der Waals surface area contributed by atoms with Crippen molar-refractivity contribution in [3.8, 4) is 5.75 Å². The van der Waals surface area contributed by atoms with E-state index < -0.39 is 0 Å². The molecule has 4 atom stereocenters. The third-order valence-electron chi connectivity index (χ3n) is 8.05. The van der Waals surface area contributed by atoms with Gasteiger partial charge in [-0.05, 0) is 67.3 Å². The van der Waals surface area contributed by atoms with Gasteiger partial charge in [0.05, 0.1) is 12.7 Å². The molecule has 1 saturated heterocycles. The number of ketones is 1. The Labute approximate surface area is 162 Å². The highest BCUT2D eigenvalue weighted by molar-refractivity contribution is 5.83. The van der Waals surface area contributed by atoms with Gasteiger partial charge in [-0.15, -0.1) is 0 Å². The predicted molar refractivity (Wildman–Crippen MR) is 104 cm³/mol. The van der Waals surface area contributed by atoms with Crippen molar-refractivity contribution in [1.29, 1.82) is 0 Å². The highest BCUT2D eigenvalue weighted by Crippen LogP contribution is 2.61. The summed E-state index contributed by atoms with van der Waals surface area (Å²) in [5, 5.41) is 0. The minimum absolute atomic E-state index is 0.219. The molecule has 0 N–H and O–H groups in total. The van der Waals surface area contributed by atoms with E-state index in [0.717, 1.165) is 31.1 Å². The number of carbonyl (C=O) groups is 1. The van der Waals surface area contributed by atoms with Crippen LogP contribution in [0, 0.1) is 11.8 Å². The zero-order chi connectivity index (χ0) is 18.8. The summed E-state index contributed by atoms with van der Waals surface area (Å²) in [6.45, 7) is 4.51. The molecule has 0 unspecified atom stereocenters. The maximum Gasteiger partial charge on any atom is 0.134 e. The van der Waals surface area contributed by atoms with Crippen molar-refractivity contribution < 1.29 is 14.3 Å².